The fourth-order valence-corrected chi connectivity index (χ4v) is 2.68. The quantitative estimate of drug-likeness (QED) is 0.808. The summed E-state index contributed by atoms with van der Waals surface area (Å²) in [6.07, 6.45) is -6.69. The lowest BCUT2D eigenvalue weighted by Crippen LogP contribution is -2.40. The molecule has 1 aliphatic heterocycles. The van der Waals surface area contributed by atoms with E-state index >= 15 is 0 Å². The van der Waals surface area contributed by atoms with Crippen LogP contribution in [0.3, 0.4) is 0 Å². The van der Waals surface area contributed by atoms with Crippen LogP contribution in [0.1, 0.15) is 19.4 Å². The Bertz CT molecular complexity index is 699. The van der Waals surface area contributed by atoms with E-state index in [1.807, 2.05) is 13.8 Å². The van der Waals surface area contributed by atoms with Crippen LogP contribution in [0.15, 0.2) is 11.6 Å². The first-order valence-corrected chi connectivity index (χ1v) is 7.61. The molecule has 1 aromatic rings. The molecule has 1 unspecified atom stereocenters. The molecule has 0 saturated heterocycles. The van der Waals surface area contributed by atoms with E-state index in [4.69, 9.17) is 37.8 Å². The summed E-state index contributed by atoms with van der Waals surface area (Å²) in [6, 6.07) is 1.26. The van der Waals surface area contributed by atoms with Crippen LogP contribution in [0.5, 0.6) is 11.5 Å². The van der Waals surface area contributed by atoms with Gasteiger partial charge in [0.05, 0.1) is 17.2 Å². The van der Waals surface area contributed by atoms with Gasteiger partial charge in [0.15, 0.2) is 5.75 Å². The molecule has 1 N–H and O–H groups in total. The van der Waals surface area contributed by atoms with Gasteiger partial charge in [0.2, 0.25) is 6.10 Å². The number of carboxylic acids is 1. The van der Waals surface area contributed by atoms with Gasteiger partial charge in [-0.3, -0.25) is 0 Å². The Morgan fingerprint density at radius 3 is 2.54 bits per heavy atom. The highest BCUT2D eigenvalue weighted by Crippen LogP contribution is 2.47. The first kappa shape index (κ1) is 18.7. The lowest BCUT2D eigenvalue weighted by atomic mass is 10.0. The Balaban J connectivity index is 2.54. The number of fused-ring (bicyclic) bond motifs is 1. The van der Waals surface area contributed by atoms with Crippen LogP contribution in [0, 0.1) is 5.92 Å². The molecular weight excluding hydrogens is 372 g/mol. The summed E-state index contributed by atoms with van der Waals surface area (Å²) in [6.45, 7) is 3.99. The summed E-state index contributed by atoms with van der Waals surface area (Å²) in [5.41, 5.74) is -0.905. The van der Waals surface area contributed by atoms with E-state index in [1.54, 1.807) is 0 Å². The third-order valence-corrected chi connectivity index (χ3v) is 3.72. The molecule has 0 bridgehead atoms. The van der Waals surface area contributed by atoms with Crippen LogP contribution in [-0.2, 0) is 4.79 Å². The van der Waals surface area contributed by atoms with Crippen LogP contribution in [0.2, 0.25) is 10.0 Å². The zero-order valence-electron chi connectivity index (χ0n) is 12.6. The Hall–Kier alpha value is -1.60. The van der Waals surface area contributed by atoms with Crippen molar-refractivity contribution < 1.29 is 32.5 Å². The fraction of sp³-hybridized carbons (Fsp3) is 0.400. The van der Waals surface area contributed by atoms with Gasteiger partial charge in [-0.05, 0) is 18.1 Å². The van der Waals surface area contributed by atoms with Gasteiger partial charge in [-0.1, -0.05) is 37.0 Å². The first-order valence-electron chi connectivity index (χ1n) is 6.85. The summed E-state index contributed by atoms with van der Waals surface area (Å²) in [4.78, 5) is 11.1. The van der Waals surface area contributed by atoms with Gasteiger partial charge >= 0.3 is 12.1 Å². The second-order valence-corrected chi connectivity index (χ2v) is 6.35. The predicted molar refractivity (Wildman–Crippen MR) is 82.9 cm³/mol. The lowest BCUT2D eigenvalue weighted by Gasteiger charge is -2.28. The molecule has 24 heavy (non-hydrogen) atoms. The van der Waals surface area contributed by atoms with Crippen molar-refractivity contribution in [2.75, 3.05) is 6.61 Å². The number of hydrogen-bond acceptors (Lipinski definition) is 3. The summed E-state index contributed by atoms with van der Waals surface area (Å²) in [7, 11) is 0. The van der Waals surface area contributed by atoms with Gasteiger partial charge in [-0.25, -0.2) is 4.79 Å². The molecule has 0 radical (unpaired) electrons. The molecule has 0 amide bonds. The highest BCUT2D eigenvalue weighted by Gasteiger charge is 2.49. The zero-order chi connectivity index (χ0) is 18.2. The fourth-order valence-electron chi connectivity index (χ4n) is 2.05. The van der Waals surface area contributed by atoms with E-state index in [2.05, 4.69) is 0 Å². The van der Waals surface area contributed by atoms with E-state index < -0.39 is 23.8 Å². The van der Waals surface area contributed by atoms with Crippen LogP contribution >= 0.6 is 23.2 Å². The third kappa shape index (κ3) is 3.72. The molecule has 0 aliphatic carbocycles. The summed E-state index contributed by atoms with van der Waals surface area (Å²) in [5.74, 6) is -1.92. The highest BCUT2D eigenvalue weighted by molar-refractivity contribution is 6.38. The number of alkyl halides is 3. The van der Waals surface area contributed by atoms with E-state index in [9.17, 15) is 18.0 Å². The number of aliphatic carboxylic acids is 1. The number of carbonyl (C=O) groups is 1. The average molecular weight is 385 g/mol. The largest absolute Gasteiger partial charge is 0.490 e. The van der Waals surface area contributed by atoms with Crippen LogP contribution in [0.4, 0.5) is 13.2 Å². The van der Waals surface area contributed by atoms with Gasteiger partial charge in [0.25, 0.3) is 0 Å². The van der Waals surface area contributed by atoms with E-state index in [0.717, 1.165) is 6.08 Å². The van der Waals surface area contributed by atoms with Crippen LogP contribution in [-0.4, -0.2) is 30.0 Å². The molecule has 1 heterocycles. The summed E-state index contributed by atoms with van der Waals surface area (Å²) < 4.78 is 49.5. The van der Waals surface area contributed by atoms with E-state index in [1.165, 1.54) is 6.07 Å². The van der Waals surface area contributed by atoms with Gasteiger partial charge in [-0.15, -0.1) is 0 Å². The molecular formula is C15H13Cl2F3O4. The summed E-state index contributed by atoms with van der Waals surface area (Å²) in [5, 5.41) is 8.82. The number of halogens is 5. The van der Waals surface area contributed by atoms with Gasteiger partial charge in [0.1, 0.15) is 10.8 Å². The Morgan fingerprint density at radius 1 is 1.42 bits per heavy atom. The smallest absolute Gasteiger partial charge is 0.430 e. The minimum atomic E-state index is -4.91. The standard InChI is InChI=1S/C15H13Cl2F3O4/c1-6(2)5-23-12-9(16)4-7-3-8(14(21)22)13(15(18,19)20)24-11(7)10(12)17/h3-4,6,13H,5H2,1-2H3,(H,21,22). The lowest BCUT2D eigenvalue weighted by molar-refractivity contribution is -0.187. The third-order valence-electron chi connectivity index (χ3n) is 3.09. The van der Waals surface area contributed by atoms with Crippen molar-refractivity contribution in [3.8, 4) is 11.5 Å². The zero-order valence-corrected chi connectivity index (χ0v) is 14.1. The Kier molecular flexibility index (Phi) is 5.25. The highest BCUT2D eigenvalue weighted by atomic mass is 35.5. The number of rotatable bonds is 4. The van der Waals surface area contributed by atoms with Gasteiger partial charge < -0.3 is 14.6 Å². The molecule has 2 rings (SSSR count). The van der Waals surface area contributed by atoms with E-state index in [-0.39, 0.29) is 39.6 Å². The van der Waals surface area contributed by atoms with Crippen molar-refractivity contribution in [1.29, 1.82) is 0 Å². The number of hydrogen-bond donors (Lipinski definition) is 1. The topological polar surface area (TPSA) is 55.8 Å². The van der Waals surface area contributed by atoms with Crippen molar-refractivity contribution in [3.63, 3.8) is 0 Å². The first-order chi connectivity index (χ1) is 11.0. The van der Waals surface area contributed by atoms with Gasteiger partial charge in [0, 0.05) is 5.56 Å². The average Bonchev–Trinajstić information content (AvgIpc) is 2.44. The Labute approximate surface area is 145 Å². The van der Waals surface area contributed by atoms with Crippen molar-refractivity contribution in [2.24, 2.45) is 5.92 Å². The number of ether oxygens (including phenoxy) is 2. The van der Waals surface area contributed by atoms with E-state index in [0.29, 0.717) is 0 Å². The van der Waals surface area contributed by atoms with Crippen molar-refractivity contribution in [3.05, 3.63) is 27.2 Å². The molecule has 0 aromatic heterocycles. The second-order valence-electron chi connectivity index (χ2n) is 5.57. The maximum absolute atomic E-state index is 13.1. The molecule has 9 heteroatoms. The second kappa shape index (κ2) is 6.72. The molecule has 1 atom stereocenters. The van der Waals surface area contributed by atoms with Crippen LogP contribution < -0.4 is 9.47 Å². The maximum Gasteiger partial charge on any atom is 0.430 e. The normalized spacial score (nSPS) is 17.2. The Morgan fingerprint density at radius 2 is 2.04 bits per heavy atom. The molecule has 0 spiro atoms. The predicted octanol–water partition coefficient (Wildman–Crippen LogP) is 4.82. The minimum absolute atomic E-state index is 0.00103. The monoisotopic (exact) mass is 384 g/mol. The SMILES string of the molecule is CC(C)COc1c(Cl)cc2c(c1Cl)OC(C(F)(F)F)C(C(=O)O)=C2. The van der Waals surface area contributed by atoms with Crippen molar-refractivity contribution in [1.82, 2.24) is 0 Å². The summed E-state index contributed by atoms with van der Waals surface area (Å²) >= 11 is 12.1. The molecule has 0 saturated carbocycles. The number of benzene rings is 1. The van der Waals surface area contributed by atoms with Crippen molar-refractivity contribution >= 4 is 35.2 Å². The molecule has 4 nitrogen and oxygen atoms in total. The van der Waals surface area contributed by atoms with Crippen LogP contribution in [0.25, 0.3) is 6.08 Å². The molecule has 0 fully saturated rings. The molecule has 1 aliphatic rings. The van der Waals surface area contributed by atoms with Gasteiger partial charge in [-0.2, -0.15) is 13.2 Å². The molecule has 132 valence electrons. The van der Waals surface area contributed by atoms with Crippen molar-refractivity contribution in [2.45, 2.75) is 26.1 Å². The number of carboxylic acid groups (broad SMARTS) is 1. The minimum Gasteiger partial charge on any atom is -0.490 e. The maximum atomic E-state index is 13.1. The molecule has 1 aromatic carbocycles.